The number of ketones is 1. The van der Waals surface area contributed by atoms with E-state index in [0.717, 1.165) is 22.3 Å². The van der Waals surface area contributed by atoms with E-state index in [1.807, 2.05) is 121 Å². The largest absolute Gasteiger partial charge is 0.508 e. The van der Waals surface area contributed by atoms with E-state index in [-0.39, 0.29) is 83.0 Å². The Kier molecular flexibility index (Phi) is 16.3. The van der Waals surface area contributed by atoms with Crippen molar-refractivity contribution >= 4 is 27.7 Å². The highest BCUT2D eigenvalue weighted by molar-refractivity contribution is 7.89. The summed E-state index contributed by atoms with van der Waals surface area (Å²) in [5.41, 5.74) is 3.26. The molecule has 13 heteroatoms. The quantitative estimate of drug-likeness (QED) is 0.0491. The summed E-state index contributed by atoms with van der Waals surface area (Å²) >= 11 is 0. The van der Waals surface area contributed by atoms with E-state index in [1.165, 1.54) is 42.5 Å². The Morgan fingerprint density at radius 1 is 0.465 bits per heavy atom. The van der Waals surface area contributed by atoms with Crippen molar-refractivity contribution in [3.63, 3.8) is 0 Å². The van der Waals surface area contributed by atoms with Crippen LogP contribution in [0.25, 0.3) is 0 Å². The SMILES string of the molecule is O=C(OCC(Cc1ccc(O)cc1)NS(=O)(=O)c1ccccc1)c1cc(OCc2ccccc2)c(C(=O)c2c(OCc3ccccc3)cccc2C(=O)OCc2ccccc2)c(OCc2ccccc2)c1. The van der Waals surface area contributed by atoms with Crippen molar-refractivity contribution in [3.05, 3.63) is 256 Å². The number of rotatable bonds is 22. The van der Waals surface area contributed by atoms with Crippen LogP contribution in [0.3, 0.4) is 0 Å². The number of benzene rings is 8. The molecular formula is C58H49NO11S. The molecule has 71 heavy (non-hydrogen) atoms. The molecule has 0 amide bonds. The number of hydrogen-bond donors (Lipinski definition) is 2. The summed E-state index contributed by atoms with van der Waals surface area (Å²) in [7, 11) is -4.09. The molecule has 0 bridgehead atoms. The van der Waals surface area contributed by atoms with E-state index in [2.05, 4.69) is 4.72 Å². The third-order valence-electron chi connectivity index (χ3n) is 11.1. The maximum Gasteiger partial charge on any atom is 0.339 e. The predicted octanol–water partition coefficient (Wildman–Crippen LogP) is 10.5. The van der Waals surface area contributed by atoms with Crippen LogP contribution < -0.4 is 18.9 Å². The Hall–Kier alpha value is -8.52. The van der Waals surface area contributed by atoms with E-state index >= 15 is 4.79 Å². The van der Waals surface area contributed by atoms with Crippen molar-refractivity contribution in [2.24, 2.45) is 0 Å². The number of nitrogens with one attached hydrogen (secondary N) is 1. The van der Waals surface area contributed by atoms with Crippen LogP contribution >= 0.6 is 0 Å². The van der Waals surface area contributed by atoms with Gasteiger partial charge in [-0.3, -0.25) is 4.79 Å². The molecule has 0 saturated heterocycles. The van der Waals surface area contributed by atoms with Gasteiger partial charge >= 0.3 is 11.9 Å². The number of sulfonamides is 1. The normalized spacial score (nSPS) is 11.5. The van der Waals surface area contributed by atoms with Gasteiger partial charge in [-0.05, 0) is 82.8 Å². The van der Waals surface area contributed by atoms with Crippen LogP contribution in [0.15, 0.2) is 211 Å². The van der Waals surface area contributed by atoms with Crippen LogP contribution in [0.1, 0.15) is 64.5 Å². The molecule has 2 N–H and O–H groups in total. The number of aromatic hydroxyl groups is 1. The highest BCUT2D eigenvalue weighted by Gasteiger charge is 2.32. The molecule has 0 aliphatic rings. The third-order valence-corrected chi connectivity index (χ3v) is 12.7. The summed E-state index contributed by atoms with van der Waals surface area (Å²) in [6, 6.07) is 57.3. The van der Waals surface area contributed by atoms with Crippen molar-refractivity contribution in [1.29, 1.82) is 0 Å². The topological polar surface area (TPSA) is 164 Å². The summed E-state index contributed by atoms with van der Waals surface area (Å²) in [4.78, 5) is 44.2. The first kappa shape index (κ1) is 48.9. The van der Waals surface area contributed by atoms with Gasteiger partial charge < -0.3 is 28.8 Å². The fraction of sp³-hybridized carbons (Fsp3) is 0.121. The number of phenolic OH excluding ortho intramolecular Hbond substituents is 1. The minimum absolute atomic E-state index is 0.0161. The molecule has 0 heterocycles. The van der Waals surface area contributed by atoms with Gasteiger partial charge in [-0.25, -0.2) is 22.7 Å². The molecule has 8 aromatic rings. The summed E-state index contributed by atoms with van der Waals surface area (Å²) in [5, 5.41) is 9.93. The van der Waals surface area contributed by atoms with Gasteiger partial charge in [0, 0.05) is 0 Å². The van der Waals surface area contributed by atoms with Crippen molar-refractivity contribution in [1.82, 2.24) is 4.72 Å². The number of phenols is 1. The van der Waals surface area contributed by atoms with Gasteiger partial charge in [-0.15, -0.1) is 0 Å². The van der Waals surface area contributed by atoms with Gasteiger partial charge in [0.1, 0.15) is 61.6 Å². The monoisotopic (exact) mass is 967 g/mol. The van der Waals surface area contributed by atoms with Crippen LogP contribution in [0.4, 0.5) is 0 Å². The van der Waals surface area contributed by atoms with Gasteiger partial charge in [0.25, 0.3) is 0 Å². The van der Waals surface area contributed by atoms with Crippen LogP contribution in [-0.4, -0.2) is 43.9 Å². The molecule has 0 aromatic heterocycles. The smallest absolute Gasteiger partial charge is 0.339 e. The zero-order valence-corrected chi connectivity index (χ0v) is 39.2. The maximum absolute atomic E-state index is 15.6. The maximum atomic E-state index is 15.6. The molecule has 8 rings (SSSR count). The number of ether oxygens (including phenoxy) is 5. The van der Waals surface area contributed by atoms with Gasteiger partial charge in [-0.1, -0.05) is 158 Å². The second kappa shape index (κ2) is 23.7. The van der Waals surface area contributed by atoms with Gasteiger partial charge in [0.15, 0.2) is 0 Å². The van der Waals surface area contributed by atoms with E-state index in [0.29, 0.717) is 5.56 Å². The van der Waals surface area contributed by atoms with E-state index in [9.17, 15) is 23.1 Å². The minimum Gasteiger partial charge on any atom is -0.508 e. The van der Waals surface area contributed by atoms with Crippen LogP contribution in [0.2, 0.25) is 0 Å². The Labute approximate surface area is 412 Å². The highest BCUT2D eigenvalue weighted by atomic mass is 32.2. The van der Waals surface area contributed by atoms with Gasteiger partial charge in [0.05, 0.1) is 27.6 Å². The van der Waals surface area contributed by atoms with Gasteiger partial charge in [0.2, 0.25) is 15.8 Å². The molecule has 0 aliphatic heterocycles. The molecule has 0 aliphatic carbocycles. The lowest BCUT2D eigenvalue weighted by Crippen LogP contribution is -2.40. The van der Waals surface area contributed by atoms with Crippen molar-refractivity contribution in [3.8, 4) is 23.0 Å². The molecule has 0 saturated carbocycles. The molecule has 0 fully saturated rings. The lowest BCUT2D eigenvalue weighted by Gasteiger charge is -2.21. The van der Waals surface area contributed by atoms with E-state index < -0.39 is 40.4 Å². The number of esters is 2. The molecule has 8 aromatic carbocycles. The standard InChI is InChI=1S/C58H49NO11S/c60-48-31-29-41(30-32-48)33-47(59-71(64,65)49-25-14-5-15-26-49)40-70-57(62)46-34-52(67-37-43-19-8-2-9-20-43)55(53(35-46)68-38-44-21-10-3-11-22-44)56(61)54-50(58(63)69-39-45-23-12-4-13-24-45)27-16-28-51(54)66-36-42-17-6-1-7-18-42/h1-32,34-35,47,59-60H,33,36-40H2. The minimum atomic E-state index is -4.09. The zero-order chi connectivity index (χ0) is 49.4. The number of carbonyl (C=O) groups is 3. The summed E-state index contributed by atoms with van der Waals surface area (Å²) in [5.74, 6) is -2.45. The highest BCUT2D eigenvalue weighted by Crippen LogP contribution is 2.38. The first-order chi connectivity index (χ1) is 34.6. The lowest BCUT2D eigenvalue weighted by atomic mass is 9.94. The van der Waals surface area contributed by atoms with Crippen molar-refractivity contribution in [2.45, 2.75) is 43.8 Å². The fourth-order valence-corrected chi connectivity index (χ4v) is 8.79. The Balaban J connectivity index is 1.20. The Morgan fingerprint density at radius 3 is 1.44 bits per heavy atom. The van der Waals surface area contributed by atoms with Gasteiger partial charge in [-0.2, -0.15) is 0 Å². The first-order valence-corrected chi connectivity index (χ1v) is 24.2. The van der Waals surface area contributed by atoms with E-state index in [4.69, 9.17) is 23.7 Å². The Bertz CT molecular complexity index is 3090. The van der Waals surface area contributed by atoms with Crippen LogP contribution in [0.5, 0.6) is 23.0 Å². The van der Waals surface area contributed by atoms with Crippen molar-refractivity contribution < 1.29 is 51.6 Å². The first-order valence-electron chi connectivity index (χ1n) is 22.7. The second-order valence-electron chi connectivity index (χ2n) is 16.3. The average molecular weight is 968 g/mol. The molecule has 1 atom stereocenters. The Morgan fingerprint density at radius 2 is 0.930 bits per heavy atom. The van der Waals surface area contributed by atoms with Crippen molar-refractivity contribution in [2.75, 3.05) is 6.61 Å². The average Bonchev–Trinajstić information content (AvgIpc) is 3.41. The molecule has 12 nitrogen and oxygen atoms in total. The molecule has 0 radical (unpaired) electrons. The predicted molar refractivity (Wildman–Crippen MR) is 267 cm³/mol. The zero-order valence-electron chi connectivity index (χ0n) is 38.4. The molecule has 1 unspecified atom stereocenters. The second-order valence-corrected chi connectivity index (χ2v) is 18.1. The molecule has 358 valence electrons. The molecule has 0 spiro atoms. The lowest BCUT2D eigenvalue weighted by molar-refractivity contribution is 0.0463. The van der Waals surface area contributed by atoms with Crippen LogP contribution in [-0.2, 0) is 52.3 Å². The molecular weight excluding hydrogens is 919 g/mol. The van der Waals surface area contributed by atoms with Crippen LogP contribution in [0, 0.1) is 0 Å². The fourth-order valence-electron chi connectivity index (χ4n) is 7.54. The number of hydrogen-bond acceptors (Lipinski definition) is 11. The third kappa shape index (κ3) is 13.4. The van der Waals surface area contributed by atoms with E-state index in [1.54, 1.807) is 42.5 Å². The summed E-state index contributed by atoms with van der Waals surface area (Å²) < 4.78 is 60.9. The summed E-state index contributed by atoms with van der Waals surface area (Å²) in [6.07, 6.45) is 0.0891. The number of carbonyl (C=O) groups excluding carboxylic acids is 3. The summed E-state index contributed by atoms with van der Waals surface area (Å²) in [6.45, 7) is -0.539.